The Labute approximate surface area is 182 Å². The molecule has 6 heteroatoms. The van der Waals surface area contributed by atoms with Gasteiger partial charge < -0.3 is 10.2 Å². The molecule has 0 bridgehead atoms. The molecule has 2 atom stereocenters. The molecule has 0 aromatic heterocycles. The maximum absolute atomic E-state index is 13.2. The summed E-state index contributed by atoms with van der Waals surface area (Å²) in [4.78, 5) is 41.9. The molecule has 0 aliphatic carbocycles. The monoisotopic (exact) mass is 417 g/mol. The van der Waals surface area contributed by atoms with Crippen LogP contribution in [0.4, 0.5) is 5.69 Å². The largest absolute Gasteiger partial charge is 0.338 e. The van der Waals surface area contributed by atoms with Crippen LogP contribution in [0.15, 0.2) is 55.1 Å². The van der Waals surface area contributed by atoms with E-state index in [1.807, 2.05) is 17.0 Å². The van der Waals surface area contributed by atoms with Crippen LogP contribution in [0.25, 0.3) is 5.70 Å². The molecule has 31 heavy (non-hydrogen) atoms. The second-order valence-corrected chi connectivity index (χ2v) is 8.63. The number of benzene rings is 2. The van der Waals surface area contributed by atoms with E-state index in [4.69, 9.17) is 0 Å². The molecule has 3 amide bonds. The fourth-order valence-corrected chi connectivity index (χ4v) is 4.61. The van der Waals surface area contributed by atoms with Gasteiger partial charge in [-0.05, 0) is 36.5 Å². The van der Waals surface area contributed by atoms with Crippen LogP contribution in [-0.4, -0.2) is 47.2 Å². The lowest BCUT2D eigenvalue weighted by molar-refractivity contribution is -0.116. The first kappa shape index (κ1) is 20.8. The molecule has 1 fully saturated rings. The molecular weight excluding hydrogens is 390 g/mol. The van der Waals surface area contributed by atoms with Gasteiger partial charge >= 0.3 is 0 Å². The van der Waals surface area contributed by atoms with Crippen LogP contribution >= 0.6 is 0 Å². The lowest BCUT2D eigenvalue weighted by Crippen LogP contribution is -2.43. The number of likely N-dealkylation sites (tertiary alicyclic amines) is 1. The normalized spacial score (nSPS) is 20.6. The number of fused-ring (bicyclic) bond motifs is 1. The highest BCUT2D eigenvalue weighted by Crippen LogP contribution is 2.31. The Morgan fingerprint density at radius 1 is 1.00 bits per heavy atom. The van der Waals surface area contributed by atoms with Crippen molar-refractivity contribution in [3.8, 4) is 0 Å². The zero-order chi connectivity index (χ0) is 22.1. The fourth-order valence-electron chi connectivity index (χ4n) is 4.61. The number of anilines is 1. The molecule has 2 aromatic carbocycles. The fraction of sp³-hybridized carbons (Fsp3) is 0.320. The number of piperidine rings is 1. The summed E-state index contributed by atoms with van der Waals surface area (Å²) >= 11 is 0. The van der Waals surface area contributed by atoms with Crippen LogP contribution in [0.2, 0.25) is 0 Å². The Morgan fingerprint density at radius 2 is 1.61 bits per heavy atom. The van der Waals surface area contributed by atoms with Gasteiger partial charge in [0, 0.05) is 29.9 Å². The van der Waals surface area contributed by atoms with Crippen LogP contribution < -0.4 is 5.32 Å². The number of para-hydroxylation sites is 1. The van der Waals surface area contributed by atoms with E-state index in [0.29, 0.717) is 47.4 Å². The van der Waals surface area contributed by atoms with E-state index in [1.165, 1.54) is 4.90 Å². The Morgan fingerprint density at radius 3 is 2.29 bits per heavy atom. The molecule has 1 N–H and O–H groups in total. The summed E-state index contributed by atoms with van der Waals surface area (Å²) in [6.07, 6.45) is 1.11. The van der Waals surface area contributed by atoms with E-state index in [-0.39, 0.29) is 24.3 Å². The van der Waals surface area contributed by atoms with Crippen molar-refractivity contribution in [1.82, 2.24) is 9.80 Å². The number of nitrogens with zero attached hydrogens (tertiary/aromatic N) is 2. The van der Waals surface area contributed by atoms with Gasteiger partial charge in [0.1, 0.15) is 6.54 Å². The van der Waals surface area contributed by atoms with Gasteiger partial charge in [0.15, 0.2) is 0 Å². The summed E-state index contributed by atoms with van der Waals surface area (Å²) in [7, 11) is 0. The summed E-state index contributed by atoms with van der Waals surface area (Å²) in [6, 6.07) is 14.2. The van der Waals surface area contributed by atoms with Gasteiger partial charge in [0.2, 0.25) is 5.91 Å². The second-order valence-electron chi connectivity index (χ2n) is 8.63. The Hall–Kier alpha value is -3.41. The minimum absolute atomic E-state index is 0.0802. The summed E-state index contributed by atoms with van der Waals surface area (Å²) in [6.45, 7) is 9.55. The van der Waals surface area contributed by atoms with E-state index in [9.17, 15) is 14.4 Å². The van der Waals surface area contributed by atoms with Gasteiger partial charge in [-0.15, -0.1) is 0 Å². The minimum atomic E-state index is -0.372. The van der Waals surface area contributed by atoms with Gasteiger partial charge in [-0.3, -0.25) is 19.3 Å². The van der Waals surface area contributed by atoms with Crippen LogP contribution in [0.5, 0.6) is 0 Å². The molecule has 0 spiro atoms. The Kier molecular flexibility index (Phi) is 5.63. The molecular formula is C25H27N3O3. The summed E-state index contributed by atoms with van der Waals surface area (Å²) in [5, 5.41) is 2.83. The summed E-state index contributed by atoms with van der Waals surface area (Å²) in [5.41, 5.74) is 2.72. The Bertz CT molecular complexity index is 1020. The molecule has 0 saturated carbocycles. The number of hydrogen-bond donors (Lipinski definition) is 1. The molecule has 4 rings (SSSR count). The van der Waals surface area contributed by atoms with Gasteiger partial charge in [-0.2, -0.15) is 0 Å². The third-order valence-electron chi connectivity index (χ3n) is 5.93. The van der Waals surface area contributed by atoms with Crippen molar-refractivity contribution in [2.75, 3.05) is 25.0 Å². The number of amides is 3. The molecule has 2 unspecified atom stereocenters. The van der Waals surface area contributed by atoms with Crippen LogP contribution in [0.3, 0.4) is 0 Å². The average molecular weight is 418 g/mol. The summed E-state index contributed by atoms with van der Waals surface area (Å²) < 4.78 is 0. The van der Waals surface area contributed by atoms with Gasteiger partial charge in [-0.1, -0.05) is 50.8 Å². The van der Waals surface area contributed by atoms with Crippen LogP contribution in [-0.2, 0) is 4.79 Å². The molecule has 2 aliphatic rings. The smallest absolute Gasteiger partial charge is 0.259 e. The zero-order valence-electron chi connectivity index (χ0n) is 17.9. The highest BCUT2D eigenvalue weighted by atomic mass is 16.2. The predicted molar refractivity (Wildman–Crippen MR) is 120 cm³/mol. The highest BCUT2D eigenvalue weighted by molar-refractivity contribution is 6.11. The maximum Gasteiger partial charge on any atom is 0.259 e. The van der Waals surface area contributed by atoms with Crippen molar-refractivity contribution in [1.29, 1.82) is 0 Å². The van der Waals surface area contributed by atoms with Crippen molar-refractivity contribution < 1.29 is 14.4 Å². The molecule has 2 aromatic rings. The van der Waals surface area contributed by atoms with E-state index in [2.05, 4.69) is 25.7 Å². The quantitative estimate of drug-likeness (QED) is 0.821. The molecule has 2 heterocycles. The first-order chi connectivity index (χ1) is 14.8. The number of nitrogens with one attached hydrogen (secondary N) is 1. The molecule has 6 nitrogen and oxygen atoms in total. The minimum Gasteiger partial charge on any atom is -0.338 e. The lowest BCUT2D eigenvalue weighted by atomic mass is 9.91. The standard InChI is InChI=1S/C25H27N3O3/c1-16-12-17(2)14-27(13-16)24(30)21-10-6-7-11-22(21)26-23(29)15-28-18(3)19-8-4-5-9-20(19)25(28)31/h4-11,16-17H,3,12-15H2,1-2H3,(H,26,29). The van der Waals surface area contributed by atoms with Crippen molar-refractivity contribution >= 4 is 29.1 Å². The van der Waals surface area contributed by atoms with Gasteiger partial charge in [0.25, 0.3) is 11.8 Å². The first-order valence-electron chi connectivity index (χ1n) is 10.6. The molecule has 0 radical (unpaired) electrons. The maximum atomic E-state index is 13.2. The van der Waals surface area contributed by atoms with Crippen molar-refractivity contribution in [2.45, 2.75) is 20.3 Å². The average Bonchev–Trinajstić information content (AvgIpc) is 2.98. The van der Waals surface area contributed by atoms with Crippen LogP contribution in [0.1, 0.15) is 46.5 Å². The third-order valence-corrected chi connectivity index (χ3v) is 5.93. The molecule has 2 aliphatic heterocycles. The second kappa shape index (κ2) is 8.38. The topological polar surface area (TPSA) is 69.7 Å². The highest BCUT2D eigenvalue weighted by Gasteiger charge is 2.32. The van der Waals surface area contributed by atoms with Gasteiger partial charge in [-0.25, -0.2) is 0 Å². The molecule has 160 valence electrons. The first-order valence-corrected chi connectivity index (χ1v) is 10.6. The molecule has 1 saturated heterocycles. The van der Waals surface area contributed by atoms with E-state index >= 15 is 0 Å². The SMILES string of the molecule is C=C1c2ccccc2C(=O)N1CC(=O)Nc1ccccc1C(=O)N1CC(C)CC(C)C1. The number of rotatable bonds is 4. The van der Waals surface area contributed by atoms with Crippen molar-refractivity contribution in [3.05, 3.63) is 71.8 Å². The summed E-state index contributed by atoms with van der Waals surface area (Å²) in [5.74, 6) is 0.203. The van der Waals surface area contributed by atoms with E-state index in [1.54, 1.807) is 36.4 Å². The number of hydrogen-bond acceptors (Lipinski definition) is 3. The van der Waals surface area contributed by atoms with Crippen LogP contribution in [0, 0.1) is 11.8 Å². The number of carbonyl (C=O) groups is 3. The lowest BCUT2D eigenvalue weighted by Gasteiger charge is -2.35. The Balaban J connectivity index is 1.48. The predicted octanol–water partition coefficient (Wildman–Crippen LogP) is 3.87. The third kappa shape index (κ3) is 4.10. The van der Waals surface area contributed by atoms with Gasteiger partial charge in [0.05, 0.1) is 11.3 Å². The van der Waals surface area contributed by atoms with Crippen molar-refractivity contribution in [2.24, 2.45) is 11.8 Å². The van der Waals surface area contributed by atoms with Crippen molar-refractivity contribution in [3.63, 3.8) is 0 Å². The number of carbonyl (C=O) groups excluding carboxylic acids is 3. The van der Waals surface area contributed by atoms with E-state index < -0.39 is 0 Å². The zero-order valence-corrected chi connectivity index (χ0v) is 17.9. The van der Waals surface area contributed by atoms with E-state index in [0.717, 1.165) is 12.0 Å².